The normalized spacial score (nSPS) is 15.2. The first kappa shape index (κ1) is 13.3. The number of hydrogen-bond acceptors (Lipinski definition) is 1. The maximum absolute atomic E-state index is 13.6. The highest BCUT2D eigenvalue weighted by atomic mass is 19.1. The van der Waals surface area contributed by atoms with Gasteiger partial charge in [-0.05, 0) is 59.7 Å². The monoisotopic (exact) mass is 274 g/mol. The van der Waals surface area contributed by atoms with Gasteiger partial charge >= 0.3 is 0 Å². The largest absolute Gasteiger partial charge is 0.388 e. The molecular formula is C17H16F2O. The average Bonchev–Trinajstić information content (AvgIpc) is 2.90. The zero-order valence-electron chi connectivity index (χ0n) is 11.1. The molecule has 1 aliphatic rings. The third-order valence-corrected chi connectivity index (χ3v) is 3.93. The lowest BCUT2D eigenvalue weighted by Crippen LogP contribution is -2.05. The number of aryl methyl sites for hydroxylation is 2. The SMILES string of the molecule is OC(Cc1cc(F)ccc1F)c1ccc2c(c1)CCC2. The van der Waals surface area contributed by atoms with Crippen molar-refractivity contribution in [3.05, 3.63) is 70.3 Å². The van der Waals surface area contributed by atoms with E-state index in [0.717, 1.165) is 43.0 Å². The molecule has 0 heterocycles. The van der Waals surface area contributed by atoms with E-state index < -0.39 is 17.7 Å². The standard InChI is InChI=1S/C17H16F2O/c18-15-6-7-16(19)14(9-15)10-17(20)13-5-4-11-2-1-3-12(11)8-13/h4-9,17,20H,1-3,10H2. The van der Waals surface area contributed by atoms with Gasteiger partial charge in [0.1, 0.15) is 11.6 Å². The van der Waals surface area contributed by atoms with Gasteiger partial charge in [0.05, 0.1) is 6.10 Å². The van der Waals surface area contributed by atoms with Crippen molar-refractivity contribution in [2.24, 2.45) is 0 Å². The van der Waals surface area contributed by atoms with Crippen molar-refractivity contribution in [2.45, 2.75) is 31.8 Å². The first-order valence-electron chi connectivity index (χ1n) is 6.87. The average molecular weight is 274 g/mol. The fraction of sp³-hybridized carbons (Fsp3) is 0.294. The summed E-state index contributed by atoms with van der Waals surface area (Å²) in [5.74, 6) is -0.964. The molecule has 0 spiro atoms. The Bertz CT molecular complexity index is 637. The molecule has 0 radical (unpaired) electrons. The Balaban J connectivity index is 1.82. The lowest BCUT2D eigenvalue weighted by molar-refractivity contribution is 0.177. The number of aliphatic hydroxyl groups is 1. The highest BCUT2D eigenvalue weighted by molar-refractivity contribution is 5.36. The van der Waals surface area contributed by atoms with Crippen LogP contribution in [0.4, 0.5) is 8.78 Å². The summed E-state index contributed by atoms with van der Waals surface area (Å²) in [7, 11) is 0. The Kier molecular flexibility index (Phi) is 3.53. The second-order valence-electron chi connectivity index (χ2n) is 5.34. The molecule has 1 unspecified atom stereocenters. The van der Waals surface area contributed by atoms with Crippen LogP contribution in [-0.4, -0.2) is 5.11 Å². The van der Waals surface area contributed by atoms with Crippen molar-refractivity contribution in [1.29, 1.82) is 0 Å². The van der Waals surface area contributed by atoms with E-state index >= 15 is 0 Å². The third-order valence-electron chi connectivity index (χ3n) is 3.93. The Morgan fingerprint density at radius 2 is 1.80 bits per heavy atom. The van der Waals surface area contributed by atoms with Crippen LogP contribution in [0.15, 0.2) is 36.4 Å². The summed E-state index contributed by atoms with van der Waals surface area (Å²) in [6.07, 6.45) is 2.54. The van der Waals surface area contributed by atoms with E-state index in [-0.39, 0.29) is 12.0 Å². The molecule has 0 fully saturated rings. The summed E-state index contributed by atoms with van der Waals surface area (Å²) >= 11 is 0. The smallest absolute Gasteiger partial charge is 0.126 e. The molecule has 0 saturated carbocycles. The summed E-state index contributed by atoms with van der Waals surface area (Å²) < 4.78 is 26.7. The van der Waals surface area contributed by atoms with E-state index in [1.54, 1.807) is 0 Å². The van der Waals surface area contributed by atoms with Gasteiger partial charge < -0.3 is 5.11 Å². The second kappa shape index (κ2) is 5.33. The van der Waals surface area contributed by atoms with E-state index in [4.69, 9.17) is 0 Å². The fourth-order valence-corrected chi connectivity index (χ4v) is 2.82. The highest BCUT2D eigenvalue weighted by Crippen LogP contribution is 2.27. The van der Waals surface area contributed by atoms with Crippen LogP contribution in [0.3, 0.4) is 0 Å². The van der Waals surface area contributed by atoms with Crippen LogP contribution in [0.1, 0.15) is 34.8 Å². The maximum atomic E-state index is 13.6. The molecule has 1 aliphatic carbocycles. The lowest BCUT2D eigenvalue weighted by atomic mass is 9.98. The number of benzene rings is 2. The number of hydrogen-bond donors (Lipinski definition) is 1. The van der Waals surface area contributed by atoms with Crippen LogP contribution in [-0.2, 0) is 19.3 Å². The van der Waals surface area contributed by atoms with Crippen molar-refractivity contribution in [2.75, 3.05) is 0 Å². The minimum absolute atomic E-state index is 0.0857. The Hall–Kier alpha value is -1.74. The van der Waals surface area contributed by atoms with Gasteiger partial charge in [0, 0.05) is 6.42 Å². The predicted molar refractivity (Wildman–Crippen MR) is 73.5 cm³/mol. The van der Waals surface area contributed by atoms with Gasteiger partial charge in [-0.2, -0.15) is 0 Å². The maximum Gasteiger partial charge on any atom is 0.126 e. The van der Waals surface area contributed by atoms with E-state index in [2.05, 4.69) is 0 Å². The molecule has 0 amide bonds. The molecule has 3 rings (SSSR count). The summed E-state index contributed by atoms with van der Waals surface area (Å²) in [4.78, 5) is 0. The summed E-state index contributed by atoms with van der Waals surface area (Å²) in [5.41, 5.74) is 3.58. The van der Waals surface area contributed by atoms with E-state index in [9.17, 15) is 13.9 Å². The quantitative estimate of drug-likeness (QED) is 0.904. The van der Waals surface area contributed by atoms with Crippen molar-refractivity contribution >= 4 is 0 Å². The number of fused-ring (bicyclic) bond motifs is 1. The van der Waals surface area contributed by atoms with E-state index in [0.29, 0.717) is 0 Å². The van der Waals surface area contributed by atoms with Crippen LogP contribution in [0.25, 0.3) is 0 Å². The molecule has 0 bridgehead atoms. The number of halogens is 2. The predicted octanol–water partition coefficient (Wildman–Crippen LogP) is 3.73. The van der Waals surface area contributed by atoms with Crippen LogP contribution < -0.4 is 0 Å². The molecule has 0 saturated heterocycles. The minimum atomic E-state index is -0.808. The third kappa shape index (κ3) is 2.59. The lowest BCUT2D eigenvalue weighted by Gasteiger charge is -2.13. The summed E-state index contributed by atoms with van der Waals surface area (Å²) in [5, 5.41) is 10.2. The highest BCUT2D eigenvalue weighted by Gasteiger charge is 2.16. The molecule has 2 aromatic rings. The molecule has 2 aromatic carbocycles. The van der Waals surface area contributed by atoms with Crippen molar-refractivity contribution < 1.29 is 13.9 Å². The minimum Gasteiger partial charge on any atom is -0.388 e. The zero-order chi connectivity index (χ0) is 14.1. The van der Waals surface area contributed by atoms with Gasteiger partial charge in [-0.1, -0.05) is 18.2 Å². The zero-order valence-corrected chi connectivity index (χ0v) is 11.1. The van der Waals surface area contributed by atoms with Crippen molar-refractivity contribution in [3.8, 4) is 0 Å². The second-order valence-corrected chi connectivity index (χ2v) is 5.34. The number of rotatable bonds is 3. The molecule has 0 aromatic heterocycles. The number of aliphatic hydroxyl groups excluding tert-OH is 1. The summed E-state index contributed by atoms with van der Waals surface area (Å²) in [6, 6.07) is 9.23. The first-order chi connectivity index (χ1) is 9.63. The Morgan fingerprint density at radius 3 is 2.65 bits per heavy atom. The van der Waals surface area contributed by atoms with Gasteiger partial charge in [0.2, 0.25) is 0 Å². The van der Waals surface area contributed by atoms with Gasteiger partial charge in [0.25, 0.3) is 0 Å². The van der Waals surface area contributed by atoms with E-state index in [1.807, 2.05) is 18.2 Å². The first-order valence-corrected chi connectivity index (χ1v) is 6.87. The van der Waals surface area contributed by atoms with Gasteiger partial charge in [0.15, 0.2) is 0 Å². The molecular weight excluding hydrogens is 258 g/mol. The van der Waals surface area contributed by atoms with E-state index in [1.165, 1.54) is 11.1 Å². The Labute approximate surface area is 116 Å². The van der Waals surface area contributed by atoms with Crippen LogP contribution in [0.5, 0.6) is 0 Å². The molecule has 104 valence electrons. The van der Waals surface area contributed by atoms with Crippen LogP contribution in [0.2, 0.25) is 0 Å². The van der Waals surface area contributed by atoms with Crippen LogP contribution >= 0.6 is 0 Å². The van der Waals surface area contributed by atoms with Gasteiger partial charge in [-0.25, -0.2) is 8.78 Å². The molecule has 1 nitrogen and oxygen atoms in total. The fourth-order valence-electron chi connectivity index (χ4n) is 2.82. The molecule has 20 heavy (non-hydrogen) atoms. The van der Waals surface area contributed by atoms with Crippen molar-refractivity contribution in [3.63, 3.8) is 0 Å². The summed E-state index contributed by atoms with van der Waals surface area (Å²) in [6.45, 7) is 0. The van der Waals surface area contributed by atoms with Crippen molar-refractivity contribution in [1.82, 2.24) is 0 Å². The van der Waals surface area contributed by atoms with Crippen LogP contribution in [0, 0.1) is 11.6 Å². The molecule has 3 heteroatoms. The topological polar surface area (TPSA) is 20.2 Å². The van der Waals surface area contributed by atoms with Gasteiger partial charge in [-0.3, -0.25) is 0 Å². The molecule has 1 atom stereocenters. The molecule has 0 aliphatic heterocycles. The Morgan fingerprint density at radius 1 is 1.00 bits per heavy atom. The van der Waals surface area contributed by atoms with Gasteiger partial charge in [-0.15, -0.1) is 0 Å². The molecule has 1 N–H and O–H groups in total.